The van der Waals surface area contributed by atoms with Gasteiger partial charge < -0.3 is 19.7 Å². The minimum atomic E-state index is -1.82. The topological polar surface area (TPSA) is 96.3 Å². The number of aliphatic carboxylic acids is 2. The average Bonchev–Trinajstić information content (AvgIpc) is 2.50. The summed E-state index contributed by atoms with van der Waals surface area (Å²) in [5, 5.41) is 15.8. The maximum atomic E-state index is 9.10. The third-order valence-electron chi connectivity index (χ3n) is 3.25. The van der Waals surface area contributed by atoms with Gasteiger partial charge >= 0.3 is 11.9 Å². The molecule has 1 heterocycles. The lowest BCUT2D eigenvalue weighted by molar-refractivity contribution is -0.159. The van der Waals surface area contributed by atoms with Gasteiger partial charge in [0.2, 0.25) is 0 Å². The zero-order valence-electron chi connectivity index (χ0n) is 13.9. The number of rotatable bonds is 4. The number of carbonyl (C=O) groups is 2. The standard InChI is InChI=1S/C14H19Cl2NO2.C2H2O4/c1-10-8-17(9-11(2)19-10)5-6-18-12-3-4-13(15)14(16)7-12;3-1(4)2(5)6/h3-4,7,10-11H,5-6,8-9H2,1-2H3;(H,3,4)(H,5,6). The Bertz CT molecular complexity index is 576. The molecule has 1 aromatic carbocycles. The van der Waals surface area contributed by atoms with E-state index in [4.69, 9.17) is 52.5 Å². The van der Waals surface area contributed by atoms with Crippen molar-refractivity contribution in [3.8, 4) is 5.75 Å². The summed E-state index contributed by atoms with van der Waals surface area (Å²) >= 11 is 11.8. The van der Waals surface area contributed by atoms with E-state index in [-0.39, 0.29) is 12.2 Å². The zero-order chi connectivity index (χ0) is 19.0. The van der Waals surface area contributed by atoms with Crippen LogP contribution in [-0.4, -0.2) is 65.5 Å². The summed E-state index contributed by atoms with van der Waals surface area (Å²) < 4.78 is 11.4. The van der Waals surface area contributed by atoms with E-state index in [0.717, 1.165) is 25.4 Å². The number of nitrogens with zero attached hydrogens (tertiary/aromatic N) is 1. The van der Waals surface area contributed by atoms with E-state index in [2.05, 4.69) is 18.7 Å². The Labute approximate surface area is 156 Å². The third-order valence-corrected chi connectivity index (χ3v) is 3.98. The van der Waals surface area contributed by atoms with Gasteiger partial charge in [0.25, 0.3) is 0 Å². The molecule has 0 saturated carbocycles. The molecule has 1 saturated heterocycles. The summed E-state index contributed by atoms with van der Waals surface area (Å²) in [5.74, 6) is -2.89. The highest BCUT2D eigenvalue weighted by Gasteiger charge is 2.21. The van der Waals surface area contributed by atoms with Crippen molar-refractivity contribution >= 4 is 35.1 Å². The van der Waals surface area contributed by atoms with Crippen LogP contribution in [0.1, 0.15) is 13.8 Å². The fourth-order valence-electron chi connectivity index (χ4n) is 2.33. The zero-order valence-corrected chi connectivity index (χ0v) is 15.5. The largest absolute Gasteiger partial charge is 0.492 e. The lowest BCUT2D eigenvalue weighted by Gasteiger charge is -2.35. The minimum Gasteiger partial charge on any atom is -0.492 e. The van der Waals surface area contributed by atoms with Crippen molar-refractivity contribution in [2.45, 2.75) is 26.1 Å². The highest BCUT2D eigenvalue weighted by molar-refractivity contribution is 6.42. The lowest BCUT2D eigenvalue weighted by atomic mass is 10.2. The molecule has 2 unspecified atom stereocenters. The van der Waals surface area contributed by atoms with Gasteiger partial charge in [-0.25, -0.2) is 9.59 Å². The molecular formula is C16H21Cl2NO6. The summed E-state index contributed by atoms with van der Waals surface area (Å²) in [6, 6.07) is 5.32. The van der Waals surface area contributed by atoms with Crippen LogP contribution in [0.5, 0.6) is 5.75 Å². The summed E-state index contributed by atoms with van der Waals surface area (Å²) in [5.41, 5.74) is 0. The summed E-state index contributed by atoms with van der Waals surface area (Å²) in [4.78, 5) is 20.6. The number of morpholine rings is 1. The van der Waals surface area contributed by atoms with Crippen LogP contribution in [0.4, 0.5) is 0 Å². The van der Waals surface area contributed by atoms with Crippen molar-refractivity contribution in [3.63, 3.8) is 0 Å². The Kier molecular flexibility index (Phi) is 8.99. The van der Waals surface area contributed by atoms with Crippen LogP contribution < -0.4 is 4.74 Å². The second-order valence-electron chi connectivity index (χ2n) is 5.55. The summed E-state index contributed by atoms with van der Waals surface area (Å²) in [6.45, 7) is 7.63. The fourth-order valence-corrected chi connectivity index (χ4v) is 2.61. The maximum Gasteiger partial charge on any atom is 0.414 e. The number of hydrogen-bond acceptors (Lipinski definition) is 5. The number of carboxylic acids is 2. The monoisotopic (exact) mass is 393 g/mol. The molecule has 140 valence electrons. The molecule has 25 heavy (non-hydrogen) atoms. The normalized spacial score (nSPS) is 20.3. The number of hydrogen-bond donors (Lipinski definition) is 2. The van der Waals surface area contributed by atoms with Crippen molar-refractivity contribution in [3.05, 3.63) is 28.2 Å². The van der Waals surface area contributed by atoms with E-state index in [1.54, 1.807) is 12.1 Å². The maximum absolute atomic E-state index is 9.10. The summed E-state index contributed by atoms with van der Waals surface area (Å²) in [7, 11) is 0. The molecule has 1 fully saturated rings. The first-order valence-electron chi connectivity index (χ1n) is 7.61. The molecule has 9 heteroatoms. The molecule has 7 nitrogen and oxygen atoms in total. The Hall–Kier alpha value is -1.54. The smallest absolute Gasteiger partial charge is 0.414 e. The van der Waals surface area contributed by atoms with E-state index in [0.29, 0.717) is 16.7 Å². The Balaban J connectivity index is 0.000000450. The molecule has 1 aliphatic rings. The molecule has 0 radical (unpaired) electrons. The van der Waals surface area contributed by atoms with E-state index in [9.17, 15) is 0 Å². The quantitative estimate of drug-likeness (QED) is 0.758. The van der Waals surface area contributed by atoms with Crippen molar-refractivity contribution in [1.29, 1.82) is 0 Å². The molecule has 2 N–H and O–H groups in total. The first-order chi connectivity index (χ1) is 11.7. The van der Waals surface area contributed by atoms with Gasteiger partial charge in [-0.1, -0.05) is 23.2 Å². The number of benzene rings is 1. The molecule has 0 aromatic heterocycles. The molecule has 1 aliphatic heterocycles. The molecule has 2 rings (SSSR count). The van der Waals surface area contributed by atoms with Gasteiger partial charge in [-0.2, -0.15) is 0 Å². The molecule has 1 aromatic rings. The molecular weight excluding hydrogens is 373 g/mol. The van der Waals surface area contributed by atoms with Crippen LogP contribution >= 0.6 is 23.2 Å². The highest BCUT2D eigenvalue weighted by atomic mass is 35.5. The SMILES string of the molecule is CC1CN(CCOc2ccc(Cl)c(Cl)c2)CC(C)O1.O=C(O)C(=O)O. The lowest BCUT2D eigenvalue weighted by Crippen LogP contribution is -2.46. The Morgan fingerprint density at radius 3 is 2.20 bits per heavy atom. The van der Waals surface area contributed by atoms with Gasteiger partial charge in [0.1, 0.15) is 12.4 Å². The van der Waals surface area contributed by atoms with E-state index in [1.165, 1.54) is 0 Å². The van der Waals surface area contributed by atoms with Crippen LogP contribution in [0, 0.1) is 0 Å². The summed E-state index contributed by atoms with van der Waals surface area (Å²) in [6.07, 6.45) is 0.572. The molecule has 0 spiro atoms. The molecule has 2 atom stereocenters. The fraction of sp³-hybridized carbons (Fsp3) is 0.500. The van der Waals surface area contributed by atoms with Crippen LogP contribution in [0.15, 0.2) is 18.2 Å². The van der Waals surface area contributed by atoms with Crippen molar-refractivity contribution in [1.82, 2.24) is 4.90 Å². The van der Waals surface area contributed by atoms with Crippen molar-refractivity contribution in [2.24, 2.45) is 0 Å². The average molecular weight is 394 g/mol. The second-order valence-corrected chi connectivity index (χ2v) is 6.37. The van der Waals surface area contributed by atoms with E-state index in [1.807, 2.05) is 6.07 Å². The van der Waals surface area contributed by atoms with E-state index >= 15 is 0 Å². The van der Waals surface area contributed by atoms with Crippen LogP contribution in [0.3, 0.4) is 0 Å². The van der Waals surface area contributed by atoms with Crippen molar-refractivity contribution in [2.75, 3.05) is 26.2 Å². The van der Waals surface area contributed by atoms with Crippen LogP contribution in [0.2, 0.25) is 10.0 Å². The number of carboxylic acid groups (broad SMARTS) is 2. The Morgan fingerprint density at radius 2 is 1.72 bits per heavy atom. The van der Waals surface area contributed by atoms with Gasteiger partial charge in [0, 0.05) is 25.7 Å². The van der Waals surface area contributed by atoms with Gasteiger partial charge in [0.15, 0.2) is 0 Å². The number of ether oxygens (including phenoxy) is 2. The van der Waals surface area contributed by atoms with Gasteiger partial charge in [-0.15, -0.1) is 0 Å². The highest BCUT2D eigenvalue weighted by Crippen LogP contribution is 2.26. The molecule has 0 aliphatic carbocycles. The minimum absolute atomic E-state index is 0.286. The first kappa shape index (κ1) is 21.5. The first-order valence-corrected chi connectivity index (χ1v) is 8.36. The third kappa shape index (κ3) is 8.40. The predicted octanol–water partition coefficient (Wildman–Crippen LogP) is 2.64. The molecule has 0 amide bonds. The predicted molar refractivity (Wildman–Crippen MR) is 93.7 cm³/mol. The van der Waals surface area contributed by atoms with Crippen LogP contribution in [-0.2, 0) is 14.3 Å². The second kappa shape index (κ2) is 10.5. The van der Waals surface area contributed by atoms with Gasteiger partial charge in [0.05, 0.1) is 22.3 Å². The number of halogens is 2. The molecule has 0 bridgehead atoms. The van der Waals surface area contributed by atoms with Crippen molar-refractivity contribution < 1.29 is 29.3 Å². The van der Waals surface area contributed by atoms with Gasteiger partial charge in [-0.3, -0.25) is 4.90 Å². The Morgan fingerprint density at radius 1 is 1.16 bits per heavy atom. The van der Waals surface area contributed by atoms with Crippen LogP contribution in [0.25, 0.3) is 0 Å². The van der Waals surface area contributed by atoms with Gasteiger partial charge in [-0.05, 0) is 26.0 Å². The van der Waals surface area contributed by atoms with E-state index < -0.39 is 11.9 Å².